The molecule has 0 aromatic heterocycles. The number of carbonyl (C=O) groups excluding carboxylic acids is 2. The summed E-state index contributed by atoms with van der Waals surface area (Å²) in [4.78, 5) is 30.2. The Hall–Kier alpha value is -2.52. The van der Waals surface area contributed by atoms with E-state index in [1.165, 1.54) is 6.07 Å². The standard InChI is InChI=1S/C26H33Cl2N3O5/c1-3-35-26(34)21(16-18-8-5-4-6-9-18)29-25(33)19-17-20(27)24(22(28)23(19)32)36-15-7-10-31-13-11-30(2)12-14-31/h4-6,8-9,17,21,32H,3,7,10-16H2,1-2H3,(H,29,33)/t21-/m1/s1. The van der Waals surface area contributed by atoms with Crippen molar-refractivity contribution >= 4 is 35.1 Å². The SMILES string of the molecule is CCOC(=O)[C@@H](Cc1ccccc1)NC(=O)c1cc(Cl)c(OCCCN2CCN(C)CC2)c(Cl)c1O. The number of carbonyl (C=O) groups is 2. The van der Waals surface area contributed by atoms with Crippen LogP contribution in [0.4, 0.5) is 0 Å². The fourth-order valence-electron chi connectivity index (χ4n) is 3.95. The molecule has 1 saturated heterocycles. The molecule has 0 spiro atoms. The maximum atomic E-state index is 13.0. The van der Waals surface area contributed by atoms with Crippen molar-refractivity contribution in [3.8, 4) is 11.5 Å². The van der Waals surface area contributed by atoms with Crippen molar-refractivity contribution in [1.29, 1.82) is 0 Å². The lowest BCUT2D eigenvalue weighted by atomic mass is 10.1. The van der Waals surface area contributed by atoms with E-state index >= 15 is 0 Å². The van der Waals surface area contributed by atoms with Crippen LogP contribution < -0.4 is 10.1 Å². The molecule has 1 fully saturated rings. The van der Waals surface area contributed by atoms with Crippen molar-refractivity contribution in [3.63, 3.8) is 0 Å². The van der Waals surface area contributed by atoms with Crippen molar-refractivity contribution in [3.05, 3.63) is 57.6 Å². The lowest BCUT2D eigenvalue weighted by molar-refractivity contribution is -0.145. The van der Waals surface area contributed by atoms with E-state index in [9.17, 15) is 14.7 Å². The Bertz CT molecular complexity index is 1030. The molecule has 1 amide bonds. The van der Waals surface area contributed by atoms with E-state index in [-0.39, 0.29) is 34.4 Å². The fourth-order valence-corrected chi connectivity index (χ4v) is 4.52. The van der Waals surface area contributed by atoms with E-state index in [0.29, 0.717) is 6.61 Å². The van der Waals surface area contributed by atoms with Gasteiger partial charge in [-0.1, -0.05) is 53.5 Å². The van der Waals surface area contributed by atoms with Crippen LogP contribution in [0.1, 0.15) is 29.3 Å². The molecule has 10 heteroatoms. The van der Waals surface area contributed by atoms with Gasteiger partial charge in [0.15, 0.2) is 11.5 Å². The average Bonchev–Trinajstić information content (AvgIpc) is 2.87. The van der Waals surface area contributed by atoms with E-state index in [4.69, 9.17) is 32.7 Å². The van der Waals surface area contributed by atoms with Gasteiger partial charge in [-0.15, -0.1) is 0 Å². The Morgan fingerprint density at radius 2 is 1.83 bits per heavy atom. The maximum Gasteiger partial charge on any atom is 0.328 e. The molecule has 1 heterocycles. The van der Waals surface area contributed by atoms with Gasteiger partial charge in [0.2, 0.25) is 0 Å². The third-order valence-corrected chi connectivity index (χ3v) is 6.65. The van der Waals surface area contributed by atoms with Crippen LogP contribution in [-0.2, 0) is 16.0 Å². The Labute approximate surface area is 222 Å². The van der Waals surface area contributed by atoms with Crippen LogP contribution in [-0.4, -0.2) is 85.8 Å². The number of nitrogens with zero attached hydrogens (tertiary/aromatic N) is 2. The van der Waals surface area contributed by atoms with Crippen molar-refractivity contribution in [1.82, 2.24) is 15.1 Å². The molecule has 2 aromatic carbocycles. The molecule has 0 saturated carbocycles. The molecule has 2 N–H and O–H groups in total. The van der Waals surface area contributed by atoms with E-state index in [1.54, 1.807) is 6.92 Å². The molecule has 3 rings (SSSR count). The largest absolute Gasteiger partial charge is 0.505 e. The first-order valence-electron chi connectivity index (χ1n) is 12.1. The predicted molar refractivity (Wildman–Crippen MR) is 140 cm³/mol. The molecule has 36 heavy (non-hydrogen) atoms. The quantitative estimate of drug-likeness (QED) is 0.334. The zero-order valence-corrected chi connectivity index (χ0v) is 22.1. The first-order valence-corrected chi connectivity index (χ1v) is 12.8. The summed E-state index contributed by atoms with van der Waals surface area (Å²) in [5.41, 5.74) is 0.689. The zero-order valence-electron chi connectivity index (χ0n) is 20.6. The summed E-state index contributed by atoms with van der Waals surface area (Å²) >= 11 is 12.7. The Balaban J connectivity index is 1.64. The molecule has 1 aliphatic heterocycles. The minimum absolute atomic E-state index is 0.0956. The van der Waals surface area contributed by atoms with Gasteiger partial charge in [-0.05, 0) is 32.0 Å². The molecule has 2 aromatic rings. The van der Waals surface area contributed by atoms with Gasteiger partial charge in [-0.25, -0.2) is 4.79 Å². The first kappa shape index (κ1) is 28.1. The number of piperazine rings is 1. The van der Waals surface area contributed by atoms with Gasteiger partial charge in [0, 0.05) is 39.1 Å². The highest BCUT2D eigenvalue weighted by Crippen LogP contribution is 2.42. The van der Waals surface area contributed by atoms with Crippen molar-refractivity contribution in [2.45, 2.75) is 25.8 Å². The molecule has 1 atom stereocenters. The third kappa shape index (κ3) is 7.74. The second-order valence-corrected chi connectivity index (χ2v) is 9.50. The van der Waals surface area contributed by atoms with Gasteiger partial charge < -0.3 is 29.7 Å². The molecule has 0 bridgehead atoms. The number of aromatic hydroxyl groups is 1. The van der Waals surface area contributed by atoms with Gasteiger partial charge in [-0.2, -0.15) is 0 Å². The van der Waals surface area contributed by atoms with Crippen LogP contribution in [0.15, 0.2) is 36.4 Å². The minimum atomic E-state index is -0.956. The highest BCUT2D eigenvalue weighted by molar-refractivity contribution is 6.39. The first-order chi connectivity index (χ1) is 17.3. The van der Waals surface area contributed by atoms with Gasteiger partial charge in [0.1, 0.15) is 11.1 Å². The molecular formula is C26H33Cl2N3O5. The number of ether oxygens (including phenoxy) is 2. The van der Waals surface area contributed by atoms with Crippen LogP contribution in [0.25, 0.3) is 0 Å². The van der Waals surface area contributed by atoms with Crippen LogP contribution in [0, 0.1) is 0 Å². The third-order valence-electron chi connectivity index (χ3n) is 6.02. The number of nitrogens with one attached hydrogen (secondary N) is 1. The van der Waals surface area contributed by atoms with E-state index < -0.39 is 23.7 Å². The number of phenolic OH excluding ortho intramolecular Hbond substituents is 1. The fraction of sp³-hybridized carbons (Fsp3) is 0.462. The molecular weight excluding hydrogens is 505 g/mol. The Morgan fingerprint density at radius 1 is 1.14 bits per heavy atom. The monoisotopic (exact) mass is 537 g/mol. The molecule has 1 aliphatic rings. The van der Waals surface area contributed by atoms with Crippen LogP contribution in [0.5, 0.6) is 11.5 Å². The summed E-state index contributed by atoms with van der Waals surface area (Å²) < 4.78 is 10.9. The summed E-state index contributed by atoms with van der Waals surface area (Å²) in [5.74, 6) is -1.62. The van der Waals surface area contributed by atoms with Crippen LogP contribution in [0.2, 0.25) is 10.0 Å². The molecule has 196 valence electrons. The van der Waals surface area contributed by atoms with Gasteiger partial charge in [0.05, 0.1) is 23.8 Å². The smallest absolute Gasteiger partial charge is 0.328 e. The van der Waals surface area contributed by atoms with Gasteiger partial charge >= 0.3 is 5.97 Å². The molecule has 0 aliphatic carbocycles. The normalized spacial score (nSPS) is 15.3. The van der Waals surface area contributed by atoms with Gasteiger partial charge in [0.25, 0.3) is 5.91 Å². The lowest BCUT2D eigenvalue weighted by Gasteiger charge is -2.32. The zero-order chi connectivity index (χ0) is 26.1. The summed E-state index contributed by atoms with van der Waals surface area (Å²) in [6, 6.07) is 9.57. The van der Waals surface area contributed by atoms with Gasteiger partial charge in [-0.3, -0.25) is 4.79 Å². The van der Waals surface area contributed by atoms with Crippen molar-refractivity contribution in [2.24, 2.45) is 0 Å². The van der Waals surface area contributed by atoms with E-state index in [2.05, 4.69) is 22.2 Å². The predicted octanol–water partition coefficient (Wildman–Crippen LogP) is 3.62. The number of hydrogen-bond donors (Lipinski definition) is 2. The minimum Gasteiger partial charge on any atom is -0.505 e. The van der Waals surface area contributed by atoms with Crippen LogP contribution >= 0.6 is 23.2 Å². The summed E-state index contributed by atoms with van der Waals surface area (Å²) in [6.45, 7) is 7.21. The summed E-state index contributed by atoms with van der Waals surface area (Å²) in [5, 5.41) is 13.2. The summed E-state index contributed by atoms with van der Waals surface area (Å²) in [6.07, 6.45) is 0.988. The average molecular weight is 538 g/mol. The Morgan fingerprint density at radius 3 is 2.50 bits per heavy atom. The topological polar surface area (TPSA) is 91.3 Å². The van der Waals surface area contributed by atoms with Crippen molar-refractivity contribution in [2.75, 3.05) is 53.0 Å². The number of esters is 1. The van der Waals surface area contributed by atoms with E-state index in [0.717, 1.165) is 44.7 Å². The van der Waals surface area contributed by atoms with Crippen LogP contribution in [0.3, 0.4) is 0 Å². The molecule has 0 unspecified atom stereocenters. The number of amides is 1. The highest BCUT2D eigenvalue weighted by atomic mass is 35.5. The second kappa shape index (κ2) is 13.7. The number of rotatable bonds is 11. The summed E-state index contributed by atoms with van der Waals surface area (Å²) in [7, 11) is 2.11. The number of benzene rings is 2. The Kier molecular flexibility index (Phi) is 10.7. The number of phenols is 1. The lowest BCUT2D eigenvalue weighted by Crippen LogP contribution is -2.44. The number of likely N-dealkylation sites (N-methyl/N-ethyl adjacent to an activating group) is 1. The maximum absolute atomic E-state index is 13.0. The molecule has 0 radical (unpaired) electrons. The van der Waals surface area contributed by atoms with E-state index in [1.807, 2.05) is 30.3 Å². The second-order valence-electron chi connectivity index (χ2n) is 8.71. The number of hydrogen-bond acceptors (Lipinski definition) is 7. The number of halogens is 2. The highest BCUT2D eigenvalue weighted by Gasteiger charge is 2.27. The molecule has 8 nitrogen and oxygen atoms in total. The van der Waals surface area contributed by atoms with Crippen molar-refractivity contribution < 1.29 is 24.2 Å².